The first kappa shape index (κ1) is 20.5. The molecule has 1 fully saturated rings. The summed E-state index contributed by atoms with van der Waals surface area (Å²) in [5.74, 6) is 1.19. The molecule has 0 saturated heterocycles. The zero-order valence-corrected chi connectivity index (χ0v) is 18.3. The lowest BCUT2D eigenvalue weighted by Crippen LogP contribution is -2.24. The summed E-state index contributed by atoms with van der Waals surface area (Å²) in [6.45, 7) is 2.87. The van der Waals surface area contributed by atoms with Crippen molar-refractivity contribution in [2.45, 2.75) is 44.6 Å². The predicted octanol–water partition coefficient (Wildman–Crippen LogP) is 4.83. The molecule has 166 valence electrons. The number of hydrogen-bond donors (Lipinski definition) is 1. The van der Waals surface area contributed by atoms with Crippen LogP contribution in [0.1, 0.15) is 44.2 Å². The molecule has 1 N–H and O–H groups in total. The van der Waals surface area contributed by atoms with Gasteiger partial charge in [-0.2, -0.15) is 10.2 Å². The van der Waals surface area contributed by atoms with Gasteiger partial charge in [0.2, 0.25) is 0 Å². The summed E-state index contributed by atoms with van der Waals surface area (Å²) in [5, 5.41) is 13.7. The summed E-state index contributed by atoms with van der Waals surface area (Å²) in [6, 6.07) is 8.71. The first-order chi connectivity index (χ1) is 15.6. The Morgan fingerprint density at radius 1 is 1.16 bits per heavy atom. The van der Waals surface area contributed by atoms with Crippen molar-refractivity contribution in [1.82, 2.24) is 24.5 Å². The van der Waals surface area contributed by atoms with Crippen molar-refractivity contribution in [1.29, 1.82) is 0 Å². The Balaban J connectivity index is 1.42. The molecular weight excluding hydrogens is 407 g/mol. The number of nitrogens with zero attached hydrogens (tertiary/aromatic N) is 5. The van der Waals surface area contributed by atoms with Gasteiger partial charge in [-0.3, -0.25) is 4.68 Å². The van der Waals surface area contributed by atoms with Crippen molar-refractivity contribution in [3.8, 4) is 11.4 Å². The highest BCUT2D eigenvalue weighted by Gasteiger charge is 2.28. The van der Waals surface area contributed by atoms with Crippen molar-refractivity contribution in [3.05, 3.63) is 60.4 Å². The molecule has 3 aromatic heterocycles. The molecule has 4 aromatic rings. The summed E-state index contributed by atoms with van der Waals surface area (Å²) in [5.41, 5.74) is 2.97. The molecule has 3 heterocycles. The van der Waals surface area contributed by atoms with Crippen LogP contribution in [0.5, 0.6) is 5.75 Å². The third kappa shape index (κ3) is 3.92. The van der Waals surface area contributed by atoms with E-state index < -0.39 is 0 Å². The van der Waals surface area contributed by atoms with Crippen LogP contribution in [0.25, 0.3) is 16.6 Å². The number of nitrogens with one attached hydrogen (secondary N) is 1. The fourth-order valence-electron chi connectivity index (χ4n) is 4.51. The van der Waals surface area contributed by atoms with Gasteiger partial charge in [-0.1, -0.05) is 12.1 Å². The van der Waals surface area contributed by atoms with Crippen LogP contribution in [0, 0.1) is 5.82 Å². The largest absolute Gasteiger partial charge is 0.487 e. The molecule has 1 aliphatic carbocycles. The van der Waals surface area contributed by atoms with Crippen molar-refractivity contribution in [2.75, 3.05) is 11.9 Å². The van der Waals surface area contributed by atoms with E-state index in [1.165, 1.54) is 6.07 Å². The number of hydrogen-bond acceptors (Lipinski definition) is 5. The van der Waals surface area contributed by atoms with Crippen LogP contribution >= 0.6 is 0 Å². The number of anilines is 1. The molecule has 0 unspecified atom stereocenters. The third-order valence-electron chi connectivity index (χ3n) is 6.08. The summed E-state index contributed by atoms with van der Waals surface area (Å²) in [4.78, 5) is 4.56. The Morgan fingerprint density at radius 3 is 2.69 bits per heavy atom. The van der Waals surface area contributed by atoms with Gasteiger partial charge in [-0.05, 0) is 50.8 Å². The van der Waals surface area contributed by atoms with Crippen LogP contribution in [-0.4, -0.2) is 37.2 Å². The SMILES string of the molecule is CCNc1cc2c(cn1)n(-c1cnn(C)c1)nc2[C@H]1CC[C@@H](Oc2ccccc2F)CC1. The second kappa shape index (κ2) is 8.61. The van der Waals surface area contributed by atoms with Crippen LogP contribution in [0.4, 0.5) is 10.2 Å². The van der Waals surface area contributed by atoms with Gasteiger partial charge in [0.1, 0.15) is 11.5 Å². The Morgan fingerprint density at radius 2 is 1.97 bits per heavy atom. The lowest BCUT2D eigenvalue weighted by molar-refractivity contribution is 0.140. The molecule has 8 heteroatoms. The number of aryl methyl sites for hydroxylation is 1. The Hall–Kier alpha value is -3.42. The Kier molecular flexibility index (Phi) is 5.51. The zero-order valence-electron chi connectivity index (χ0n) is 18.3. The van der Waals surface area contributed by atoms with Crippen LogP contribution in [0.2, 0.25) is 0 Å². The van der Waals surface area contributed by atoms with Crippen molar-refractivity contribution < 1.29 is 9.13 Å². The van der Waals surface area contributed by atoms with Gasteiger partial charge in [0, 0.05) is 24.9 Å². The van der Waals surface area contributed by atoms with Gasteiger partial charge in [0.25, 0.3) is 0 Å². The van der Waals surface area contributed by atoms with E-state index in [4.69, 9.17) is 9.84 Å². The topological polar surface area (TPSA) is 69.8 Å². The van der Waals surface area contributed by atoms with Gasteiger partial charge >= 0.3 is 0 Å². The summed E-state index contributed by atoms with van der Waals surface area (Å²) >= 11 is 0. The second-order valence-corrected chi connectivity index (χ2v) is 8.31. The fraction of sp³-hybridized carbons (Fsp3) is 0.375. The zero-order chi connectivity index (χ0) is 22.1. The second-order valence-electron chi connectivity index (χ2n) is 8.31. The molecule has 1 aliphatic rings. The van der Waals surface area contributed by atoms with E-state index in [0.29, 0.717) is 11.7 Å². The molecule has 0 aliphatic heterocycles. The standard InChI is InChI=1S/C24H27FN6O/c1-3-26-23-12-19-21(14-27-23)31(17-13-28-30(2)15-17)29-24(19)16-8-10-18(11-9-16)32-22-7-5-4-6-20(22)25/h4-7,12-16,18H,3,8-11H2,1-2H3,(H,26,27)/t16-,18+. The molecule has 0 bridgehead atoms. The monoisotopic (exact) mass is 434 g/mol. The number of pyridine rings is 1. The maximum Gasteiger partial charge on any atom is 0.165 e. The lowest BCUT2D eigenvalue weighted by Gasteiger charge is -2.28. The number of fused-ring (bicyclic) bond motifs is 1. The molecule has 0 spiro atoms. The molecule has 1 saturated carbocycles. The molecule has 32 heavy (non-hydrogen) atoms. The number of benzene rings is 1. The minimum atomic E-state index is -0.306. The van der Waals surface area contributed by atoms with E-state index in [1.54, 1.807) is 22.9 Å². The Labute approximate surface area is 186 Å². The van der Waals surface area contributed by atoms with E-state index in [1.807, 2.05) is 30.3 Å². The van der Waals surface area contributed by atoms with E-state index in [0.717, 1.165) is 60.3 Å². The van der Waals surface area contributed by atoms with Gasteiger partial charge in [0.05, 0.1) is 35.9 Å². The number of halogens is 1. The molecule has 1 aromatic carbocycles. The highest BCUT2D eigenvalue weighted by molar-refractivity contribution is 5.85. The molecule has 5 rings (SSSR count). The summed E-state index contributed by atoms with van der Waals surface area (Å²) in [6.07, 6.45) is 9.28. The molecule has 7 nitrogen and oxygen atoms in total. The van der Waals surface area contributed by atoms with Crippen molar-refractivity contribution >= 4 is 16.7 Å². The third-order valence-corrected chi connectivity index (χ3v) is 6.08. The minimum absolute atomic E-state index is 0.0220. The maximum absolute atomic E-state index is 14.0. The normalized spacial score (nSPS) is 18.7. The van der Waals surface area contributed by atoms with Crippen LogP contribution in [0.3, 0.4) is 0 Å². The summed E-state index contributed by atoms with van der Waals surface area (Å²) < 4.78 is 23.6. The average molecular weight is 435 g/mol. The van der Waals surface area contributed by atoms with Gasteiger partial charge in [-0.25, -0.2) is 14.1 Å². The van der Waals surface area contributed by atoms with Gasteiger partial charge in [0.15, 0.2) is 11.6 Å². The number of rotatable bonds is 6. The van der Waals surface area contributed by atoms with Crippen molar-refractivity contribution in [2.24, 2.45) is 7.05 Å². The smallest absolute Gasteiger partial charge is 0.165 e. The van der Waals surface area contributed by atoms with E-state index in [2.05, 4.69) is 28.4 Å². The number of aromatic nitrogens is 5. The average Bonchev–Trinajstić information content (AvgIpc) is 3.39. The maximum atomic E-state index is 14.0. The quantitative estimate of drug-likeness (QED) is 0.471. The first-order valence-corrected chi connectivity index (χ1v) is 11.1. The van der Waals surface area contributed by atoms with Gasteiger partial charge in [-0.15, -0.1) is 0 Å². The molecule has 0 atom stereocenters. The van der Waals surface area contributed by atoms with Crippen LogP contribution in [-0.2, 0) is 7.05 Å². The number of para-hydroxylation sites is 1. The molecular formula is C24H27FN6O. The molecule has 0 amide bonds. The lowest BCUT2D eigenvalue weighted by atomic mass is 9.84. The van der Waals surface area contributed by atoms with E-state index >= 15 is 0 Å². The van der Waals surface area contributed by atoms with E-state index in [9.17, 15) is 4.39 Å². The van der Waals surface area contributed by atoms with Crippen LogP contribution in [0.15, 0.2) is 48.9 Å². The fourth-order valence-corrected chi connectivity index (χ4v) is 4.51. The van der Waals surface area contributed by atoms with Crippen LogP contribution < -0.4 is 10.1 Å². The Bertz CT molecular complexity index is 1220. The first-order valence-electron chi connectivity index (χ1n) is 11.1. The van der Waals surface area contributed by atoms with Gasteiger partial charge < -0.3 is 10.1 Å². The van der Waals surface area contributed by atoms with E-state index in [-0.39, 0.29) is 11.9 Å². The predicted molar refractivity (Wildman–Crippen MR) is 122 cm³/mol. The number of ether oxygens (including phenoxy) is 1. The van der Waals surface area contributed by atoms with Crippen molar-refractivity contribution in [3.63, 3.8) is 0 Å². The molecule has 0 radical (unpaired) electrons. The highest BCUT2D eigenvalue weighted by atomic mass is 19.1. The summed E-state index contributed by atoms with van der Waals surface area (Å²) in [7, 11) is 1.90. The minimum Gasteiger partial charge on any atom is -0.487 e. The highest BCUT2D eigenvalue weighted by Crippen LogP contribution is 2.38.